The van der Waals surface area contributed by atoms with Gasteiger partial charge in [0.05, 0.1) is 17.8 Å². The van der Waals surface area contributed by atoms with E-state index < -0.39 is 9.84 Å². The summed E-state index contributed by atoms with van der Waals surface area (Å²) in [6.45, 7) is 0. The Balaban J connectivity index is 2.69. The Labute approximate surface area is 93.3 Å². The lowest BCUT2D eigenvalue weighted by Gasteiger charge is -2.10. The van der Waals surface area contributed by atoms with Gasteiger partial charge in [0.2, 0.25) is 5.91 Å². The zero-order valence-corrected chi connectivity index (χ0v) is 9.50. The van der Waals surface area contributed by atoms with Crippen molar-refractivity contribution in [3.63, 3.8) is 0 Å². The first-order valence-corrected chi connectivity index (χ1v) is 6.39. The van der Waals surface area contributed by atoms with Gasteiger partial charge in [0, 0.05) is 6.42 Å². The van der Waals surface area contributed by atoms with Crippen molar-refractivity contribution in [2.45, 2.75) is 11.3 Å². The molecule has 0 radical (unpaired) electrons. The number of amides is 1. The predicted molar refractivity (Wildman–Crippen MR) is 58.3 cm³/mol. The molecule has 0 unspecified atom stereocenters. The molecule has 0 bridgehead atoms. The molecule has 0 fully saturated rings. The van der Waals surface area contributed by atoms with Crippen LogP contribution in [-0.2, 0) is 14.6 Å². The van der Waals surface area contributed by atoms with E-state index in [1.54, 1.807) is 12.1 Å². The van der Waals surface area contributed by atoms with Gasteiger partial charge in [0.15, 0.2) is 9.84 Å². The molecule has 0 aromatic heterocycles. The fraction of sp³-hybridized carbons (Fsp3) is 0.300. The highest BCUT2D eigenvalue weighted by Gasteiger charge is 2.27. The van der Waals surface area contributed by atoms with Crippen LogP contribution in [-0.4, -0.2) is 27.2 Å². The van der Waals surface area contributed by atoms with E-state index in [4.69, 9.17) is 4.74 Å². The summed E-state index contributed by atoms with van der Waals surface area (Å²) in [6.07, 6.45) is -0.0276. The summed E-state index contributed by atoms with van der Waals surface area (Å²) >= 11 is 0. The molecule has 86 valence electrons. The van der Waals surface area contributed by atoms with E-state index in [1.807, 2.05) is 0 Å². The molecule has 1 aromatic rings. The van der Waals surface area contributed by atoms with Gasteiger partial charge in [-0.1, -0.05) is 6.07 Å². The molecule has 0 saturated carbocycles. The number of benzene rings is 1. The Bertz CT molecular complexity index is 536. The predicted octanol–water partition coefficient (Wildman–Crippen LogP) is 0.811. The number of hydrogen-bond donors (Lipinski definition) is 1. The number of rotatable bonds is 1. The Kier molecular flexibility index (Phi) is 2.59. The van der Waals surface area contributed by atoms with Crippen molar-refractivity contribution < 1.29 is 17.9 Å². The maximum Gasteiger partial charge on any atom is 0.225 e. The molecule has 16 heavy (non-hydrogen) atoms. The standard InChI is InChI=1S/C10H11NO4S/c1-15-7-3-2-4-8-10(7)11-9(12)5-6-16(8,13)14/h2-4H,5-6H2,1H3,(H,11,12). The van der Waals surface area contributed by atoms with Crippen molar-refractivity contribution in [3.8, 4) is 5.75 Å². The van der Waals surface area contributed by atoms with Crippen molar-refractivity contribution in [2.24, 2.45) is 0 Å². The normalized spacial score (nSPS) is 18.2. The minimum absolute atomic E-state index is 0.0276. The molecule has 5 nitrogen and oxygen atoms in total. The van der Waals surface area contributed by atoms with Gasteiger partial charge >= 0.3 is 0 Å². The highest BCUT2D eigenvalue weighted by molar-refractivity contribution is 7.91. The van der Waals surface area contributed by atoms with E-state index in [9.17, 15) is 13.2 Å². The molecular formula is C10H11NO4S. The van der Waals surface area contributed by atoms with Gasteiger partial charge in [0.1, 0.15) is 11.4 Å². The number of methoxy groups -OCH3 is 1. The third-order valence-corrected chi connectivity index (χ3v) is 4.16. The van der Waals surface area contributed by atoms with E-state index >= 15 is 0 Å². The summed E-state index contributed by atoms with van der Waals surface area (Å²) in [6, 6.07) is 4.67. The molecule has 1 aromatic carbocycles. The third-order valence-electron chi connectivity index (χ3n) is 2.41. The minimum Gasteiger partial charge on any atom is -0.495 e. The highest BCUT2D eigenvalue weighted by atomic mass is 32.2. The molecule has 0 spiro atoms. The van der Waals surface area contributed by atoms with Gasteiger partial charge in [-0.25, -0.2) is 8.42 Å². The van der Waals surface area contributed by atoms with Crippen LogP contribution in [0.1, 0.15) is 6.42 Å². The first-order valence-electron chi connectivity index (χ1n) is 4.74. The van der Waals surface area contributed by atoms with Crippen LogP contribution in [0.3, 0.4) is 0 Å². The summed E-state index contributed by atoms with van der Waals surface area (Å²) in [5.74, 6) is -0.123. The highest BCUT2D eigenvalue weighted by Crippen LogP contribution is 2.34. The Morgan fingerprint density at radius 2 is 2.12 bits per heavy atom. The smallest absolute Gasteiger partial charge is 0.225 e. The van der Waals surface area contributed by atoms with Crippen LogP contribution in [0, 0.1) is 0 Å². The topological polar surface area (TPSA) is 72.5 Å². The molecule has 0 saturated heterocycles. The molecule has 1 aliphatic rings. The SMILES string of the molecule is COc1cccc2c1NC(=O)CCS2(=O)=O. The Hall–Kier alpha value is -1.56. The van der Waals surface area contributed by atoms with Gasteiger partial charge in [-0.15, -0.1) is 0 Å². The van der Waals surface area contributed by atoms with E-state index in [0.29, 0.717) is 5.75 Å². The molecule has 0 atom stereocenters. The van der Waals surface area contributed by atoms with Gasteiger partial charge in [-0.2, -0.15) is 0 Å². The molecule has 1 amide bonds. The van der Waals surface area contributed by atoms with E-state index in [2.05, 4.69) is 5.32 Å². The van der Waals surface area contributed by atoms with Crippen molar-refractivity contribution in [1.82, 2.24) is 0 Å². The molecule has 0 aliphatic carbocycles. The van der Waals surface area contributed by atoms with Crippen LogP contribution in [0.25, 0.3) is 0 Å². The zero-order valence-electron chi connectivity index (χ0n) is 8.69. The number of anilines is 1. The van der Waals surface area contributed by atoms with Crippen LogP contribution in [0.15, 0.2) is 23.1 Å². The minimum atomic E-state index is -3.41. The zero-order chi connectivity index (χ0) is 11.8. The number of hydrogen-bond acceptors (Lipinski definition) is 4. The lowest BCUT2D eigenvalue weighted by atomic mass is 10.3. The maximum atomic E-state index is 11.9. The van der Waals surface area contributed by atoms with Crippen LogP contribution in [0.5, 0.6) is 5.75 Å². The lowest BCUT2D eigenvalue weighted by molar-refractivity contribution is -0.115. The summed E-state index contributed by atoms with van der Waals surface area (Å²) in [5, 5.41) is 2.55. The van der Waals surface area contributed by atoms with Crippen LogP contribution in [0.2, 0.25) is 0 Å². The Morgan fingerprint density at radius 1 is 1.38 bits per heavy atom. The quantitative estimate of drug-likeness (QED) is 0.789. The number of fused-ring (bicyclic) bond motifs is 1. The van der Waals surface area contributed by atoms with Crippen LogP contribution >= 0.6 is 0 Å². The van der Waals surface area contributed by atoms with E-state index in [0.717, 1.165) is 0 Å². The van der Waals surface area contributed by atoms with Crippen molar-refractivity contribution in [1.29, 1.82) is 0 Å². The van der Waals surface area contributed by atoms with Gasteiger partial charge in [-0.05, 0) is 12.1 Å². The molecule has 1 N–H and O–H groups in total. The van der Waals surface area contributed by atoms with E-state index in [-0.39, 0.29) is 28.7 Å². The van der Waals surface area contributed by atoms with Crippen molar-refractivity contribution >= 4 is 21.4 Å². The van der Waals surface area contributed by atoms with Crippen LogP contribution in [0.4, 0.5) is 5.69 Å². The Morgan fingerprint density at radius 3 is 2.81 bits per heavy atom. The number of carbonyl (C=O) groups excluding carboxylic acids is 1. The second-order valence-corrected chi connectivity index (χ2v) is 5.53. The summed E-state index contributed by atoms with van der Waals surface area (Å²) in [4.78, 5) is 11.5. The molecular weight excluding hydrogens is 230 g/mol. The lowest BCUT2D eigenvalue weighted by Crippen LogP contribution is -2.11. The molecule has 1 heterocycles. The first-order chi connectivity index (χ1) is 7.54. The largest absolute Gasteiger partial charge is 0.495 e. The monoisotopic (exact) mass is 241 g/mol. The fourth-order valence-corrected chi connectivity index (χ4v) is 3.02. The third kappa shape index (κ3) is 1.76. The second kappa shape index (κ2) is 3.79. The van der Waals surface area contributed by atoms with Crippen molar-refractivity contribution in [3.05, 3.63) is 18.2 Å². The average molecular weight is 241 g/mol. The molecule has 6 heteroatoms. The summed E-state index contributed by atoms with van der Waals surface area (Å²) in [7, 11) is -1.98. The van der Waals surface area contributed by atoms with Crippen molar-refractivity contribution in [2.75, 3.05) is 18.2 Å². The van der Waals surface area contributed by atoms with Gasteiger partial charge in [0.25, 0.3) is 0 Å². The van der Waals surface area contributed by atoms with Gasteiger partial charge in [-0.3, -0.25) is 4.79 Å². The number of carbonyl (C=O) groups is 1. The average Bonchev–Trinajstić information content (AvgIpc) is 2.37. The molecule has 2 rings (SSSR count). The summed E-state index contributed by atoms with van der Waals surface area (Å²) < 4.78 is 28.7. The van der Waals surface area contributed by atoms with E-state index in [1.165, 1.54) is 13.2 Å². The number of ether oxygens (including phenoxy) is 1. The fourth-order valence-electron chi connectivity index (χ4n) is 1.60. The number of sulfone groups is 1. The van der Waals surface area contributed by atoms with Crippen LogP contribution < -0.4 is 10.1 Å². The first kappa shape index (κ1) is 10.9. The second-order valence-electron chi connectivity index (χ2n) is 3.45. The van der Waals surface area contributed by atoms with Gasteiger partial charge < -0.3 is 10.1 Å². The summed E-state index contributed by atoms with van der Waals surface area (Å²) in [5.41, 5.74) is 0.243. The number of nitrogens with one attached hydrogen (secondary N) is 1. The number of para-hydroxylation sites is 1. The molecule has 1 aliphatic heterocycles. The maximum absolute atomic E-state index is 11.9.